The molecule has 2 heteroatoms. The summed E-state index contributed by atoms with van der Waals surface area (Å²) < 4.78 is 4.87. The lowest BCUT2D eigenvalue weighted by Gasteiger charge is -2.12. The van der Waals surface area contributed by atoms with Crippen LogP contribution >= 0.6 is 0 Å². The zero-order valence-corrected chi connectivity index (χ0v) is 30.4. The molecule has 0 fully saturated rings. The summed E-state index contributed by atoms with van der Waals surface area (Å²) in [6.45, 7) is 0. The maximum atomic E-state index is 2.44. The summed E-state index contributed by atoms with van der Waals surface area (Å²) in [5.41, 5.74) is 15.0. The number of nitrogens with zero attached hydrogens (tertiary/aromatic N) is 2. The number of hydrogen-bond donors (Lipinski definition) is 0. The molecule has 0 N–H and O–H groups in total. The number of fused-ring (bicyclic) bond motifs is 12. The van der Waals surface area contributed by atoms with Gasteiger partial charge in [-0.1, -0.05) is 127 Å². The summed E-state index contributed by atoms with van der Waals surface area (Å²) in [6, 6.07) is 72.0. The lowest BCUT2D eigenvalue weighted by Crippen LogP contribution is -1.96. The zero-order valence-electron chi connectivity index (χ0n) is 30.4. The van der Waals surface area contributed by atoms with Crippen molar-refractivity contribution in [1.29, 1.82) is 0 Å². The summed E-state index contributed by atoms with van der Waals surface area (Å²) in [6.07, 6.45) is 0. The largest absolute Gasteiger partial charge is 0.309 e. The van der Waals surface area contributed by atoms with Gasteiger partial charge < -0.3 is 9.13 Å². The third-order valence-electron chi connectivity index (χ3n) is 12.4. The zero-order chi connectivity index (χ0) is 36.5. The van der Waals surface area contributed by atoms with Gasteiger partial charge in [-0.2, -0.15) is 0 Å². The van der Waals surface area contributed by atoms with E-state index in [0.717, 1.165) is 5.69 Å². The molecule has 0 atom stereocenters. The van der Waals surface area contributed by atoms with E-state index in [0.29, 0.717) is 0 Å². The first-order valence-corrected chi connectivity index (χ1v) is 19.4. The number of hydrogen-bond acceptors (Lipinski definition) is 0. The van der Waals surface area contributed by atoms with Crippen LogP contribution in [0.25, 0.3) is 121 Å². The van der Waals surface area contributed by atoms with Crippen LogP contribution in [0.1, 0.15) is 0 Å². The highest BCUT2D eigenvalue weighted by molar-refractivity contribution is 6.22. The maximum absolute atomic E-state index is 2.44. The van der Waals surface area contributed by atoms with Crippen LogP contribution in [0.15, 0.2) is 194 Å². The van der Waals surface area contributed by atoms with Gasteiger partial charge in [0.05, 0.1) is 22.1 Å². The van der Waals surface area contributed by atoms with Crippen LogP contribution < -0.4 is 0 Å². The molecule has 2 aromatic heterocycles. The van der Waals surface area contributed by atoms with Gasteiger partial charge in [0.25, 0.3) is 0 Å². The molecule has 56 heavy (non-hydrogen) atoms. The Kier molecular flexibility index (Phi) is 5.92. The second-order valence-electron chi connectivity index (χ2n) is 15.3. The van der Waals surface area contributed by atoms with Crippen LogP contribution in [0.2, 0.25) is 0 Å². The van der Waals surface area contributed by atoms with E-state index >= 15 is 0 Å². The van der Waals surface area contributed by atoms with Crippen molar-refractivity contribution in [3.05, 3.63) is 194 Å². The van der Waals surface area contributed by atoms with E-state index in [2.05, 4.69) is 203 Å². The van der Waals surface area contributed by atoms with Gasteiger partial charge in [0.2, 0.25) is 0 Å². The normalized spacial score (nSPS) is 12.3. The van der Waals surface area contributed by atoms with Crippen molar-refractivity contribution < 1.29 is 0 Å². The van der Waals surface area contributed by atoms with E-state index in [9.17, 15) is 0 Å². The molecule has 0 bridgehead atoms. The fourth-order valence-electron chi connectivity index (χ4n) is 9.93. The van der Waals surface area contributed by atoms with Crippen LogP contribution in [-0.4, -0.2) is 9.13 Å². The monoisotopic (exact) mass is 708 g/mol. The van der Waals surface area contributed by atoms with Gasteiger partial charge >= 0.3 is 0 Å². The van der Waals surface area contributed by atoms with Gasteiger partial charge in [0.15, 0.2) is 0 Å². The summed E-state index contributed by atoms with van der Waals surface area (Å²) >= 11 is 0. The second-order valence-corrected chi connectivity index (χ2v) is 15.3. The third-order valence-corrected chi connectivity index (χ3v) is 12.4. The second kappa shape index (κ2) is 11.1. The number of rotatable bonds is 3. The van der Waals surface area contributed by atoms with Crippen LogP contribution in [0.3, 0.4) is 0 Å². The first-order valence-electron chi connectivity index (χ1n) is 19.4. The van der Waals surface area contributed by atoms with Crippen molar-refractivity contribution >= 4 is 75.9 Å². The molecule has 1 aliphatic rings. The Morgan fingerprint density at radius 3 is 1.71 bits per heavy atom. The topological polar surface area (TPSA) is 9.86 Å². The van der Waals surface area contributed by atoms with Gasteiger partial charge in [-0.05, 0) is 132 Å². The summed E-state index contributed by atoms with van der Waals surface area (Å²) in [4.78, 5) is 0. The molecule has 0 radical (unpaired) electrons. The number of para-hydroxylation sites is 2. The number of benzene rings is 10. The molecule has 0 saturated heterocycles. The standard InChI is InChI=1S/C54H32N2/c1-2-12-41-33(10-1)23-26-52-54(41)46-16-6-8-19-50(46)56(52)40-25-27-51-47(32-40)44-15-5-7-18-49(44)55(51)39-24-22-34-28-35(20-21-36(34)30-39)38-29-37-11-9-17-45-42-13-3-4-14-43(42)48(31-38)53(37)45/h1-32H. The fourth-order valence-corrected chi connectivity index (χ4v) is 9.93. The predicted molar refractivity (Wildman–Crippen MR) is 238 cm³/mol. The van der Waals surface area contributed by atoms with Gasteiger partial charge in [-0.3, -0.25) is 0 Å². The van der Waals surface area contributed by atoms with Crippen molar-refractivity contribution in [2.24, 2.45) is 0 Å². The minimum Gasteiger partial charge on any atom is -0.309 e. The summed E-state index contributed by atoms with van der Waals surface area (Å²) in [5.74, 6) is 0. The molecule has 0 spiro atoms. The van der Waals surface area contributed by atoms with Crippen molar-refractivity contribution in [3.63, 3.8) is 0 Å². The van der Waals surface area contributed by atoms with E-state index in [-0.39, 0.29) is 0 Å². The average molecular weight is 709 g/mol. The molecule has 0 amide bonds. The lowest BCUT2D eigenvalue weighted by molar-refractivity contribution is 1.17. The van der Waals surface area contributed by atoms with E-state index in [1.807, 2.05) is 0 Å². The third kappa shape index (κ3) is 4.05. The quantitative estimate of drug-likeness (QED) is 0.173. The minimum atomic E-state index is 1.16. The lowest BCUT2D eigenvalue weighted by atomic mass is 9.95. The van der Waals surface area contributed by atoms with E-state index in [1.54, 1.807) is 0 Å². The first-order chi connectivity index (χ1) is 27.8. The molecule has 0 unspecified atom stereocenters. The fraction of sp³-hybridized carbons (Fsp3) is 0. The van der Waals surface area contributed by atoms with Crippen molar-refractivity contribution in [2.45, 2.75) is 0 Å². The van der Waals surface area contributed by atoms with Crippen LogP contribution in [0.5, 0.6) is 0 Å². The Balaban J connectivity index is 0.954. The Labute approximate surface area is 322 Å². The van der Waals surface area contributed by atoms with Gasteiger partial charge in [-0.25, -0.2) is 0 Å². The molecule has 1 aliphatic carbocycles. The highest BCUT2D eigenvalue weighted by Gasteiger charge is 2.22. The number of aromatic nitrogens is 2. The van der Waals surface area contributed by atoms with E-state index in [4.69, 9.17) is 0 Å². The Morgan fingerprint density at radius 1 is 0.250 bits per heavy atom. The predicted octanol–water partition coefficient (Wildman–Crippen LogP) is 14.7. The smallest absolute Gasteiger partial charge is 0.0547 e. The van der Waals surface area contributed by atoms with Crippen LogP contribution in [0, 0.1) is 0 Å². The van der Waals surface area contributed by atoms with Crippen molar-refractivity contribution in [1.82, 2.24) is 9.13 Å². The first kappa shape index (κ1) is 30.0. The van der Waals surface area contributed by atoms with E-state index < -0.39 is 0 Å². The van der Waals surface area contributed by atoms with Crippen molar-refractivity contribution in [2.75, 3.05) is 0 Å². The van der Waals surface area contributed by atoms with E-state index in [1.165, 1.54) is 115 Å². The molecule has 2 heterocycles. The Morgan fingerprint density at radius 2 is 0.821 bits per heavy atom. The van der Waals surface area contributed by atoms with Gasteiger partial charge in [-0.15, -0.1) is 0 Å². The highest BCUT2D eigenvalue weighted by atomic mass is 15.0. The molecule has 0 aliphatic heterocycles. The molecular formula is C54H32N2. The summed E-state index contributed by atoms with van der Waals surface area (Å²) in [5, 5.41) is 12.8. The molecule has 10 aromatic carbocycles. The van der Waals surface area contributed by atoms with Crippen LogP contribution in [-0.2, 0) is 0 Å². The average Bonchev–Trinajstić information content (AvgIpc) is 3.90. The minimum absolute atomic E-state index is 1.16. The van der Waals surface area contributed by atoms with Gasteiger partial charge in [0.1, 0.15) is 0 Å². The maximum Gasteiger partial charge on any atom is 0.0547 e. The molecule has 2 nitrogen and oxygen atoms in total. The molecule has 258 valence electrons. The summed E-state index contributed by atoms with van der Waals surface area (Å²) in [7, 11) is 0. The van der Waals surface area contributed by atoms with Gasteiger partial charge in [0, 0.05) is 32.9 Å². The van der Waals surface area contributed by atoms with Crippen molar-refractivity contribution in [3.8, 4) is 44.8 Å². The Hall–Kier alpha value is -7.42. The SMILES string of the molecule is c1ccc2c(c1)-c1cccc3cc(-c4ccc5cc(-n6c7ccccc7c7cc(-n8c9ccccc9c9c%10ccccc%10ccc98)ccc76)ccc5c4)cc-2c13. The molecule has 12 aromatic rings. The molecule has 13 rings (SSSR count). The molecule has 0 saturated carbocycles. The highest BCUT2D eigenvalue weighted by Crippen LogP contribution is 2.49. The van der Waals surface area contributed by atoms with Crippen LogP contribution in [0.4, 0.5) is 0 Å². The Bertz CT molecular complexity index is 3650. The molecular weight excluding hydrogens is 677 g/mol.